The fourth-order valence-corrected chi connectivity index (χ4v) is 4.20. The molecule has 0 spiro atoms. The van der Waals surface area contributed by atoms with Crippen LogP contribution in [0.15, 0.2) is 58.2 Å². The lowest BCUT2D eigenvalue weighted by Gasteiger charge is -2.35. The fraction of sp³-hybridized carbons (Fsp3) is 0.235. The van der Waals surface area contributed by atoms with Crippen molar-refractivity contribution >= 4 is 10.0 Å². The van der Waals surface area contributed by atoms with Gasteiger partial charge in [0.25, 0.3) is 0 Å². The van der Waals surface area contributed by atoms with Gasteiger partial charge in [-0.2, -0.15) is 9.29 Å². The molecule has 0 bridgehead atoms. The van der Waals surface area contributed by atoms with Gasteiger partial charge in [0.15, 0.2) is 0 Å². The number of hydrogen-bond acceptors (Lipinski definition) is 6. The molecule has 1 aromatic carbocycles. The van der Waals surface area contributed by atoms with Crippen LogP contribution < -0.4 is 0 Å². The molecule has 1 fully saturated rings. The van der Waals surface area contributed by atoms with Crippen molar-refractivity contribution in [2.45, 2.75) is 17.7 Å². The average molecular weight is 356 g/mol. The smallest absolute Gasteiger partial charge is 0.243 e. The minimum atomic E-state index is -3.47. The second-order valence-electron chi connectivity index (χ2n) is 6.02. The molecule has 4 rings (SSSR count). The van der Waals surface area contributed by atoms with E-state index in [-0.39, 0.29) is 5.92 Å². The lowest BCUT2D eigenvalue weighted by Crippen LogP contribution is -2.48. The highest BCUT2D eigenvalue weighted by molar-refractivity contribution is 7.89. The minimum Gasteiger partial charge on any atom is -0.339 e. The first-order valence-electron chi connectivity index (χ1n) is 7.85. The molecule has 0 amide bonds. The molecule has 8 heteroatoms. The van der Waals surface area contributed by atoms with Crippen molar-refractivity contribution in [3.63, 3.8) is 0 Å². The Balaban J connectivity index is 1.47. The molecule has 25 heavy (non-hydrogen) atoms. The zero-order valence-electron chi connectivity index (χ0n) is 13.5. The minimum absolute atomic E-state index is 0.0803. The molecular formula is C17H16N4O3S. The number of aryl methyl sites for hydroxylation is 1. The summed E-state index contributed by atoms with van der Waals surface area (Å²) >= 11 is 0. The summed E-state index contributed by atoms with van der Waals surface area (Å²) < 4.78 is 31.9. The summed E-state index contributed by atoms with van der Waals surface area (Å²) in [6.07, 6.45) is 3.31. The Morgan fingerprint density at radius 1 is 1.08 bits per heavy atom. The lowest BCUT2D eigenvalue weighted by atomic mass is 10.0. The van der Waals surface area contributed by atoms with Crippen LogP contribution in [0.3, 0.4) is 0 Å². The second kappa shape index (κ2) is 6.05. The van der Waals surface area contributed by atoms with Gasteiger partial charge in [0, 0.05) is 31.0 Å². The number of hydrogen-bond donors (Lipinski definition) is 0. The summed E-state index contributed by atoms with van der Waals surface area (Å²) in [5, 5.41) is 3.96. The van der Waals surface area contributed by atoms with E-state index in [1.54, 1.807) is 48.8 Å². The number of pyridine rings is 1. The summed E-state index contributed by atoms with van der Waals surface area (Å²) in [4.78, 5) is 8.63. The van der Waals surface area contributed by atoms with Crippen LogP contribution in [0.2, 0.25) is 0 Å². The fourth-order valence-electron chi connectivity index (χ4n) is 2.67. The Kier molecular flexibility index (Phi) is 3.85. The Hall–Kier alpha value is -2.58. The number of sulfonamides is 1. The summed E-state index contributed by atoms with van der Waals surface area (Å²) in [6, 6.07) is 10.4. The molecule has 0 radical (unpaired) electrons. The van der Waals surface area contributed by atoms with Gasteiger partial charge in [0.2, 0.25) is 21.7 Å². The molecular weight excluding hydrogens is 340 g/mol. The largest absolute Gasteiger partial charge is 0.339 e. The van der Waals surface area contributed by atoms with Crippen LogP contribution in [0.4, 0.5) is 0 Å². The number of benzene rings is 1. The van der Waals surface area contributed by atoms with E-state index in [1.165, 1.54) is 4.31 Å². The third-order valence-electron chi connectivity index (χ3n) is 4.24. The third-order valence-corrected chi connectivity index (χ3v) is 6.08. The monoisotopic (exact) mass is 356 g/mol. The summed E-state index contributed by atoms with van der Waals surface area (Å²) in [5.74, 6) is 0.864. The standard InChI is InChI=1S/C17H16N4O3S/c1-12-2-4-15(5-3-12)25(22,23)21-10-14(11-21)17-19-16(20-24-17)13-6-8-18-9-7-13/h2-9,14H,10-11H2,1H3. The lowest BCUT2D eigenvalue weighted by molar-refractivity contribution is 0.217. The molecule has 0 N–H and O–H groups in total. The quantitative estimate of drug-likeness (QED) is 0.712. The van der Waals surface area contributed by atoms with E-state index in [2.05, 4.69) is 15.1 Å². The van der Waals surface area contributed by atoms with E-state index in [4.69, 9.17) is 4.52 Å². The predicted molar refractivity (Wildman–Crippen MR) is 90.2 cm³/mol. The molecule has 3 aromatic rings. The van der Waals surface area contributed by atoms with Crippen molar-refractivity contribution in [2.24, 2.45) is 0 Å². The van der Waals surface area contributed by atoms with Crippen LogP contribution in [-0.2, 0) is 10.0 Å². The van der Waals surface area contributed by atoms with E-state index in [0.29, 0.717) is 29.7 Å². The number of aromatic nitrogens is 3. The van der Waals surface area contributed by atoms with E-state index < -0.39 is 10.0 Å². The van der Waals surface area contributed by atoms with Gasteiger partial charge in [-0.15, -0.1) is 0 Å². The average Bonchev–Trinajstić information content (AvgIpc) is 3.04. The third kappa shape index (κ3) is 2.94. The first kappa shape index (κ1) is 15.9. The Bertz CT molecular complexity index is 978. The van der Waals surface area contributed by atoms with E-state index in [9.17, 15) is 8.42 Å². The highest BCUT2D eigenvalue weighted by Gasteiger charge is 2.40. The summed E-state index contributed by atoms with van der Waals surface area (Å²) in [5.41, 5.74) is 1.84. The maximum absolute atomic E-state index is 12.6. The molecule has 1 aliphatic rings. The van der Waals surface area contributed by atoms with E-state index in [0.717, 1.165) is 11.1 Å². The van der Waals surface area contributed by atoms with Crippen molar-refractivity contribution in [1.29, 1.82) is 0 Å². The molecule has 0 atom stereocenters. The van der Waals surface area contributed by atoms with Gasteiger partial charge in [-0.1, -0.05) is 22.9 Å². The molecule has 2 aromatic heterocycles. The summed E-state index contributed by atoms with van der Waals surface area (Å²) in [6.45, 7) is 2.61. The number of rotatable bonds is 4. The highest BCUT2D eigenvalue weighted by atomic mass is 32.2. The topological polar surface area (TPSA) is 89.2 Å². The van der Waals surface area contributed by atoms with Gasteiger partial charge in [-0.25, -0.2) is 8.42 Å². The zero-order valence-corrected chi connectivity index (χ0v) is 14.3. The van der Waals surface area contributed by atoms with E-state index >= 15 is 0 Å². The molecule has 1 saturated heterocycles. The van der Waals surface area contributed by atoms with Crippen LogP contribution in [0.1, 0.15) is 17.4 Å². The van der Waals surface area contributed by atoms with Gasteiger partial charge < -0.3 is 4.52 Å². The van der Waals surface area contributed by atoms with Gasteiger partial charge in [0.05, 0.1) is 10.8 Å². The van der Waals surface area contributed by atoms with E-state index in [1.807, 2.05) is 6.92 Å². The van der Waals surface area contributed by atoms with Crippen LogP contribution in [0.25, 0.3) is 11.4 Å². The van der Waals surface area contributed by atoms with Crippen molar-refractivity contribution in [3.05, 3.63) is 60.2 Å². The van der Waals surface area contributed by atoms with Crippen molar-refractivity contribution < 1.29 is 12.9 Å². The first-order chi connectivity index (χ1) is 12.0. The Morgan fingerprint density at radius 3 is 2.44 bits per heavy atom. The Labute approximate surface area is 145 Å². The van der Waals surface area contributed by atoms with Crippen LogP contribution in [-0.4, -0.2) is 40.9 Å². The van der Waals surface area contributed by atoms with Crippen molar-refractivity contribution in [2.75, 3.05) is 13.1 Å². The maximum atomic E-state index is 12.6. The van der Waals surface area contributed by atoms with Gasteiger partial charge in [-0.3, -0.25) is 4.98 Å². The van der Waals surface area contributed by atoms with Gasteiger partial charge >= 0.3 is 0 Å². The zero-order chi connectivity index (χ0) is 17.4. The first-order valence-corrected chi connectivity index (χ1v) is 9.29. The van der Waals surface area contributed by atoms with Crippen molar-refractivity contribution in [3.8, 4) is 11.4 Å². The molecule has 1 aliphatic heterocycles. The van der Waals surface area contributed by atoms with Gasteiger partial charge in [-0.05, 0) is 31.2 Å². The SMILES string of the molecule is Cc1ccc(S(=O)(=O)N2CC(c3nc(-c4ccncc4)no3)C2)cc1. The summed E-state index contributed by atoms with van der Waals surface area (Å²) in [7, 11) is -3.47. The van der Waals surface area contributed by atoms with Gasteiger partial charge in [0.1, 0.15) is 0 Å². The molecule has 128 valence electrons. The van der Waals surface area contributed by atoms with Crippen LogP contribution in [0.5, 0.6) is 0 Å². The number of nitrogens with zero attached hydrogens (tertiary/aromatic N) is 4. The molecule has 3 heterocycles. The molecule has 0 aliphatic carbocycles. The predicted octanol–water partition coefficient (Wildman–Crippen LogP) is 2.23. The van der Waals surface area contributed by atoms with Crippen LogP contribution in [0, 0.1) is 6.92 Å². The molecule has 0 unspecified atom stereocenters. The maximum Gasteiger partial charge on any atom is 0.243 e. The highest BCUT2D eigenvalue weighted by Crippen LogP contribution is 2.32. The molecule has 7 nitrogen and oxygen atoms in total. The molecule has 0 saturated carbocycles. The second-order valence-corrected chi connectivity index (χ2v) is 7.96. The Morgan fingerprint density at radius 2 is 1.76 bits per heavy atom. The normalized spacial score (nSPS) is 15.9. The van der Waals surface area contributed by atoms with Crippen molar-refractivity contribution in [1.82, 2.24) is 19.4 Å². The van der Waals surface area contributed by atoms with Crippen LogP contribution >= 0.6 is 0 Å².